The summed E-state index contributed by atoms with van der Waals surface area (Å²) in [7, 11) is 1.70. The van der Waals surface area contributed by atoms with Crippen LogP contribution in [0.2, 0.25) is 0 Å². The molecule has 26 heavy (non-hydrogen) atoms. The zero-order chi connectivity index (χ0) is 19.1. The van der Waals surface area contributed by atoms with E-state index in [9.17, 15) is 9.59 Å². The molecule has 0 unspecified atom stereocenters. The summed E-state index contributed by atoms with van der Waals surface area (Å²) < 4.78 is 11.0. The van der Waals surface area contributed by atoms with Crippen LogP contribution in [0.3, 0.4) is 0 Å². The van der Waals surface area contributed by atoms with Crippen molar-refractivity contribution < 1.29 is 29.0 Å². The van der Waals surface area contributed by atoms with Crippen LogP contribution in [-0.2, 0) is 9.59 Å². The van der Waals surface area contributed by atoms with Gasteiger partial charge >= 0.3 is 11.9 Å². The van der Waals surface area contributed by atoms with Crippen LogP contribution < -0.4 is 15.0 Å². The molecule has 140 valence electrons. The minimum absolute atomic E-state index is 0.458. The molecular weight excluding hydrogens is 340 g/mol. The number of aliphatic carboxylic acids is 2. The molecule has 0 aliphatic carbocycles. The first-order valence-corrected chi connectivity index (χ1v) is 8.09. The molecule has 1 atom stereocenters. The van der Waals surface area contributed by atoms with Crippen molar-refractivity contribution in [2.75, 3.05) is 31.6 Å². The van der Waals surface area contributed by atoms with E-state index in [1.165, 1.54) is 0 Å². The Kier molecular flexibility index (Phi) is 6.62. The predicted octanol–water partition coefficient (Wildman–Crippen LogP) is 1.95. The molecule has 1 aromatic carbocycles. The number of rotatable bonds is 4. The van der Waals surface area contributed by atoms with Gasteiger partial charge in [-0.3, -0.25) is 0 Å². The van der Waals surface area contributed by atoms with Crippen LogP contribution in [-0.4, -0.2) is 54.9 Å². The van der Waals surface area contributed by atoms with E-state index in [0.29, 0.717) is 18.2 Å². The van der Waals surface area contributed by atoms with Gasteiger partial charge in [0.1, 0.15) is 5.75 Å². The normalized spacial score (nSPS) is 17.0. The number of nitrogens with one attached hydrogen (secondary N) is 1. The van der Waals surface area contributed by atoms with E-state index in [-0.39, 0.29) is 0 Å². The topological polar surface area (TPSA) is 112 Å². The second-order valence-corrected chi connectivity index (χ2v) is 5.74. The molecule has 0 amide bonds. The highest BCUT2D eigenvalue weighted by Crippen LogP contribution is 2.34. The fourth-order valence-corrected chi connectivity index (χ4v) is 2.71. The fraction of sp³-hybridized carbons (Fsp3) is 0.333. The summed E-state index contributed by atoms with van der Waals surface area (Å²) >= 11 is 0. The molecule has 1 aliphatic heterocycles. The van der Waals surface area contributed by atoms with Gasteiger partial charge in [-0.05, 0) is 19.1 Å². The van der Waals surface area contributed by atoms with E-state index in [1.54, 1.807) is 13.4 Å². The highest BCUT2D eigenvalue weighted by Gasteiger charge is 2.22. The molecule has 1 saturated heterocycles. The van der Waals surface area contributed by atoms with Gasteiger partial charge in [0.15, 0.2) is 5.58 Å². The van der Waals surface area contributed by atoms with Crippen molar-refractivity contribution in [3.8, 4) is 5.75 Å². The number of nitrogens with zero attached hydrogens (tertiary/aromatic N) is 1. The molecule has 3 rings (SSSR count). The molecule has 0 bridgehead atoms. The van der Waals surface area contributed by atoms with Crippen molar-refractivity contribution in [1.82, 2.24) is 5.32 Å². The van der Waals surface area contributed by atoms with E-state index in [1.807, 2.05) is 12.1 Å². The molecule has 2 heterocycles. The number of anilines is 1. The Morgan fingerprint density at radius 3 is 2.58 bits per heavy atom. The van der Waals surface area contributed by atoms with Crippen molar-refractivity contribution in [2.24, 2.45) is 0 Å². The number of methoxy groups -OCH3 is 1. The lowest BCUT2D eigenvalue weighted by Gasteiger charge is -2.35. The van der Waals surface area contributed by atoms with Gasteiger partial charge < -0.3 is 29.6 Å². The van der Waals surface area contributed by atoms with Crippen LogP contribution in [0.4, 0.5) is 5.69 Å². The van der Waals surface area contributed by atoms with Crippen LogP contribution in [0.25, 0.3) is 11.0 Å². The smallest absolute Gasteiger partial charge is 0.328 e. The Bertz CT molecular complexity index is 782. The zero-order valence-corrected chi connectivity index (χ0v) is 14.6. The number of furan rings is 1. The monoisotopic (exact) mass is 362 g/mol. The Labute approximate surface area is 150 Å². The standard InChI is InChI=1S/C14H18N2O2.C4H4O4/c1-10-9-15-4-5-16(10)13-8-12(17-2)7-11-3-6-18-14(11)13;5-3(6)1-2-4(7)8/h3,6-8,10,15H,4-5,9H2,1-2H3;1-2H,(H,5,6)(H,7,8)/b;2-1+/t10-;/m0./s1. The predicted molar refractivity (Wildman–Crippen MR) is 96.9 cm³/mol. The van der Waals surface area contributed by atoms with Crippen LogP contribution >= 0.6 is 0 Å². The summed E-state index contributed by atoms with van der Waals surface area (Å²) in [6, 6.07) is 6.51. The summed E-state index contributed by atoms with van der Waals surface area (Å²) in [4.78, 5) is 21.5. The average molecular weight is 362 g/mol. The third-order valence-corrected chi connectivity index (χ3v) is 3.92. The summed E-state index contributed by atoms with van der Waals surface area (Å²) in [6.07, 6.45) is 2.85. The van der Waals surface area contributed by atoms with E-state index in [0.717, 1.165) is 42.0 Å². The summed E-state index contributed by atoms with van der Waals surface area (Å²) in [5.74, 6) is -1.63. The number of hydrogen-bond acceptors (Lipinski definition) is 6. The lowest BCUT2D eigenvalue weighted by atomic mass is 10.1. The number of benzene rings is 1. The van der Waals surface area contributed by atoms with Crippen LogP contribution in [0.1, 0.15) is 6.92 Å². The SMILES string of the molecule is COc1cc(N2CCNC[C@@H]2C)c2occc2c1.O=C(O)/C=C/C(=O)O. The number of ether oxygens (including phenoxy) is 1. The molecule has 1 fully saturated rings. The average Bonchev–Trinajstić information content (AvgIpc) is 3.09. The largest absolute Gasteiger partial charge is 0.497 e. The van der Waals surface area contributed by atoms with Crippen molar-refractivity contribution in [3.63, 3.8) is 0 Å². The lowest BCUT2D eigenvalue weighted by Crippen LogP contribution is -2.50. The molecule has 3 N–H and O–H groups in total. The maximum Gasteiger partial charge on any atom is 0.328 e. The number of carboxylic acid groups (broad SMARTS) is 2. The van der Waals surface area contributed by atoms with Crippen LogP contribution in [0, 0.1) is 0 Å². The maximum atomic E-state index is 9.55. The van der Waals surface area contributed by atoms with E-state index >= 15 is 0 Å². The van der Waals surface area contributed by atoms with Crippen molar-refractivity contribution in [2.45, 2.75) is 13.0 Å². The van der Waals surface area contributed by atoms with E-state index in [4.69, 9.17) is 19.4 Å². The molecule has 0 spiro atoms. The maximum absolute atomic E-state index is 9.55. The van der Waals surface area contributed by atoms with Gasteiger partial charge in [-0.1, -0.05) is 0 Å². The number of carbonyl (C=O) groups is 2. The first kappa shape index (κ1) is 19.3. The quantitative estimate of drug-likeness (QED) is 0.708. The van der Waals surface area contributed by atoms with Gasteiger partial charge in [-0.25, -0.2) is 9.59 Å². The first-order valence-electron chi connectivity index (χ1n) is 8.09. The minimum atomic E-state index is -1.26. The Balaban J connectivity index is 0.000000260. The van der Waals surface area contributed by atoms with Gasteiger partial charge in [-0.15, -0.1) is 0 Å². The van der Waals surface area contributed by atoms with Crippen LogP contribution in [0.5, 0.6) is 5.75 Å². The summed E-state index contributed by atoms with van der Waals surface area (Å²) in [5, 5.41) is 20.1. The molecule has 1 aromatic heterocycles. The number of hydrogen-bond donors (Lipinski definition) is 3. The minimum Gasteiger partial charge on any atom is -0.497 e. The van der Waals surface area contributed by atoms with Gasteiger partial charge in [-0.2, -0.15) is 0 Å². The number of carboxylic acids is 2. The molecule has 8 nitrogen and oxygen atoms in total. The third-order valence-electron chi connectivity index (χ3n) is 3.92. The third kappa shape index (κ3) is 5.00. The Morgan fingerprint density at radius 2 is 2.00 bits per heavy atom. The second kappa shape index (κ2) is 8.91. The number of piperazine rings is 1. The highest BCUT2D eigenvalue weighted by molar-refractivity contribution is 5.91. The van der Waals surface area contributed by atoms with Crippen molar-refractivity contribution in [3.05, 3.63) is 36.6 Å². The summed E-state index contributed by atoms with van der Waals surface area (Å²) in [6.45, 7) is 5.22. The van der Waals surface area contributed by atoms with Crippen molar-refractivity contribution in [1.29, 1.82) is 0 Å². The van der Waals surface area contributed by atoms with Crippen LogP contribution in [0.15, 0.2) is 41.0 Å². The lowest BCUT2D eigenvalue weighted by molar-refractivity contribution is -0.134. The molecule has 1 aliphatic rings. The Hall–Kier alpha value is -3.00. The molecule has 2 aromatic rings. The van der Waals surface area contributed by atoms with Gasteiger partial charge in [0, 0.05) is 49.3 Å². The van der Waals surface area contributed by atoms with Gasteiger partial charge in [0.05, 0.1) is 19.1 Å². The molecular formula is C18H22N2O6. The molecule has 8 heteroatoms. The molecule has 0 saturated carbocycles. The highest BCUT2D eigenvalue weighted by atomic mass is 16.5. The number of fused-ring (bicyclic) bond motifs is 1. The first-order chi connectivity index (χ1) is 12.4. The van der Waals surface area contributed by atoms with Crippen molar-refractivity contribution >= 4 is 28.6 Å². The fourth-order valence-electron chi connectivity index (χ4n) is 2.71. The zero-order valence-electron chi connectivity index (χ0n) is 14.6. The van der Waals surface area contributed by atoms with E-state index in [2.05, 4.69) is 23.2 Å². The van der Waals surface area contributed by atoms with Gasteiger partial charge in [0.25, 0.3) is 0 Å². The van der Waals surface area contributed by atoms with Gasteiger partial charge in [0.2, 0.25) is 0 Å². The molecule has 0 radical (unpaired) electrons. The second-order valence-electron chi connectivity index (χ2n) is 5.74. The summed E-state index contributed by atoms with van der Waals surface area (Å²) in [5.41, 5.74) is 2.08. The van der Waals surface area contributed by atoms with E-state index < -0.39 is 11.9 Å². The Morgan fingerprint density at radius 1 is 1.31 bits per heavy atom.